The second-order valence-electron chi connectivity index (χ2n) is 4.97. The molecule has 2 rings (SSSR count). The Morgan fingerprint density at radius 3 is 2.19 bits per heavy atom. The fraction of sp³-hybridized carbons (Fsp3) is 0.167. The maximum absolute atomic E-state index is 13.5. The SMILES string of the molecule is CC(C)Oc1ccc(/C=C/c2ccc(C=O)c(F)c2)cc1. The standard InChI is InChI=1S/C18H17FO2/c1-13(2)21-17-9-6-14(7-10-17)3-4-15-5-8-16(12-20)18(19)11-15/h3-13H,1-2H3/b4-3+. The molecule has 2 aromatic carbocycles. The van der Waals surface area contributed by atoms with Crippen LogP contribution in [0.5, 0.6) is 5.75 Å². The van der Waals surface area contributed by atoms with Gasteiger partial charge in [0.05, 0.1) is 11.7 Å². The van der Waals surface area contributed by atoms with Crippen molar-refractivity contribution >= 4 is 18.4 Å². The van der Waals surface area contributed by atoms with Gasteiger partial charge in [0.2, 0.25) is 0 Å². The van der Waals surface area contributed by atoms with Crippen LogP contribution in [0.1, 0.15) is 35.3 Å². The van der Waals surface area contributed by atoms with Gasteiger partial charge in [-0.2, -0.15) is 0 Å². The van der Waals surface area contributed by atoms with Gasteiger partial charge in [-0.1, -0.05) is 30.4 Å². The number of carbonyl (C=O) groups is 1. The van der Waals surface area contributed by atoms with Crippen LogP contribution in [0.25, 0.3) is 12.2 Å². The lowest BCUT2D eigenvalue weighted by molar-refractivity contribution is 0.112. The molecule has 2 aromatic rings. The summed E-state index contributed by atoms with van der Waals surface area (Å²) in [7, 11) is 0. The normalized spacial score (nSPS) is 11.0. The molecular formula is C18H17FO2. The van der Waals surface area contributed by atoms with E-state index in [2.05, 4.69) is 0 Å². The topological polar surface area (TPSA) is 26.3 Å². The van der Waals surface area contributed by atoms with Crippen LogP contribution >= 0.6 is 0 Å². The summed E-state index contributed by atoms with van der Waals surface area (Å²) in [5, 5.41) is 0. The molecule has 0 spiro atoms. The first-order chi connectivity index (χ1) is 10.1. The molecule has 0 saturated heterocycles. The third-order valence-electron chi connectivity index (χ3n) is 2.87. The molecule has 0 amide bonds. The van der Waals surface area contributed by atoms with Gasteiger partial charge in [0.25, 0.3) is 0 Å². The van der Waals surface area contributed by atoms with Crippen molar-refractivity contribution in [3.8, 4) is 5.75 Å². The molecule has 0 fully saturated rings. The molecule has 0 radical (unpaired) electrons. The van der Waals surface area contributed by atoms with Gasteiger partial charge in [0, 0.05) is 0 Å². The van der Waals surface area contributed by atoms with Crippen molar-refractivity contribution in [2.45, 2.75) is 20.0 Å². The highest BCUT2D eigenvalue weighted by Crippen LogP contribution is 2.16. The fourth-order valence-electron chi connectivity index (χ4n) is 1.86. The van der Waals surface area contributed by atoms with Gasteiger partial charge in [-0.25, -0.2) is 4.39 Å². The minimum atomic E-state index is -0.507. The lowest BCUT2D eigenvalue weighted by Gasteiger charge is -2.09. The highest BCUT2D eigenvalue weighted by molar-refractivity contribution is 5.77. The van der Waals surface area contributed by atoms with E-state index in [9.17, 15) is 9.18 Å². The summed E-state index contributed by atoms with van der Waals surface area (Å²) in [6.45, 7) is 3.96. The van der Waals surface area contributed by atoms with Crippen molar-refractivity contribution in [1.29, 1.82) is 0 Å². The number of rotatable bonds is 5. The number of benzene rings is 2. The van der Waals surface area contributed by atoms with Crippen molar-refractivity contribution in [3.05, 3.63) is 65.0 Å². The van der Waals surface area contributed by atoms with Crippen LogP contribution in [-0.4, -0.2) is 12.4 Å². The molecule has 2 nitrogen and oxygen atoms in total. The molecule has 108 valence electrons. The van der Waals surface area contributed by atoms with E-state index < -0.39 is 5.82 Å². The fourth-order valence-corrected chi connectivity index (χ4v) is 1.86. The van der Waals surface area contributed by atoms with Crippen molar-refractivity contribution in [3.63, 3.8) is 0 Å². The van der Waals surface area contributed by atoms with Crippen LogP contribution in [0, 0.1) is 5.82 Å². The smallest absolute Gasteiger partial charge is 0.152 e. The van der Waals surface area contributed by atoms with Crippen LogP contribution in [0.2, 0.25) is 0 Å². The van der Waals surface area contributed by atoms with Crippen molar-refractivity contribution in [2.24, 2.45) is 0 Å². The Balaban J connectivity index is 2.10. The summed E-state index contributed by atoms with van der Waals surface area (Å²) in [6, 6.07) is 12.2. The third kappa shape index (κ3) is 4.28. The largest absolute Gasteiger partial charge is 0.491 e. The molecule has 0 atom stereocenters. The van der Waals surface area contributed by atoms with E-state index in [1.54, 1.807) is 12.1 Å². The number of halogens is 1. The molecule has 0 saturated carbocycles. The zero-order valence-corrected chi connectivity index (χ0v) is 12.0. The summed E-state index contributed by atoms with van der Waals surface area (Å²) in [6.07, 6.45) is 4.34. The zero-order chi connectivity index (χ0) is 15.2. The van der Waals surface area contributed by atoms with Gasteiger partial charge < -0.3 is 4.74 Å². The van der Waals surface area contributed by atoms with Gasteiger partial charge >= 0.3 is 0 Å². The summed E-state index contributed by atoms with van der Waals surface area (Å²) in [5.41, 5.74) is 1.77. The van der Waals surface area contributed by atoms with Gasteiger partial charge in [0.15, 0.2) is 6.29 Å². The Morgan fingerprint density at radius 2 is 1.62 bits per heavy atom. The Bertz CT molecular complexity index is 643. The van der Waals surface area contributed by atoms with E-state index >= 15 is 0 Å². The lowest BCUT2D eigenvalue weighted by Crippen LogP contribution is -2.05. The minimum absolute atomic E-state index is 0.0716. The predicted molar refractivity (Wildman–Crippen MR) is 82.9 cm³/mol. The van der Waals surface area contributed by atoms with Crippen LogP contribution in [0.15, 0.2) is 42.5 Å². The van der Waals surface area contributed by atoms with Crippen LogP contribution in [-0.2, 0) is 0 Å². The van der Waals surface area contributed by atoms with Crippen molar-refractivity contribution < 1.29 is 13.9 Å². The second kappa shape index (κ2) is 6.84. The molecular weight excluding hydrogens is 267 g/mol. The number of hydrogen-bond acceptors (Lipinski definition) is 2. The highest BCUT2D eigenvalue weighted by atomic mass is 19.1. The van der Waals surface area contributed by atoms with E-state index in [-0.39, 0.29) is 11.7 Å². The molecule has 0 aromatic heterocycles. The maximum atomic E-state index is 13.5. The van der Waals surface area contributed by atoms with E-state index in [1.165, 1.54) is 12.1 Å². The molecule has 21 heavy (non-hydrogen) atoms. The van der Waals surface area contributed by atoms with E-state index in [1.807, 2.05) is 44.2 Å². The first-order valence-corrected chi connectivity index (χ1v) is 6.78. The number of carbonyl (C=O) groups excluding carboxylic acids is 1. The molecule has 0 unspecified atom stereocenters. The van der Waals surface area contributed by atoms with Gasteiger partial charge in [0.1, 0.15) is 11.6 Å². The zero-order valence-electron chi connectivity index (χ0n) is 12.0. The summed E-state index contributed by atoms with van der Waals surface area (Å²) < 4.78 is 19.0. The summed E-state index contributed by atoms with van der Waals surface area (Å²) >= 11 is 0. The molecule has 0 aliphatic carbocycles. The highest BCUT2D eigenvalue weighted by Gasteiger charge is 2.00. The van der Waals surface area contributed by atoms with Crippen LogP contribution in [0.4, 0.5) is 4.39 Å². The van der Waals surface area contributed by atoms with E-state index in [0.29, 0.717) is 11.8 Å². The molecule has 0 N–H and O–H groups in total. The first-order valence-electron chi connectivity index (χ1n) is 6.78. The number of aldehydes is 1. The monoisotopic (exact) mass is 284 g/mol. The van der Waals surface area contributed by atoms with Gasteiger partial charge in [-0.05, 0) is 49.2 Å². The van der Waals surface area contributed by atoms with E-state index in [4.69, 9.17) is 4.74 Å². The third-order valence-corrected chi connectivity index (χ3v) is 2.87. The van der Waals surface area contributed by atoms with Crippen molar-refractivity contribution in [1.82, 2.24) is 0 Å². The van der Waals surface area contributed by atoms with Gasteiger partial charge in [-0.15, -0.1) is 0 Å². The Morgan fingerprint density at radius 1 is 1.00 bits per heavy atom. The maximum Gasteiger partial charge on any atom is 0.152 e. The van der Waals surface area contributed by atoms with Crippen LogP contribution in [0.3, 0.4) is 0 Å². The first kappa shape index (κ1) is 15.0. The molecule has 0 aliphatic heterocycles. The Kier molecular flexibility index (Phi) is 4.88. The van der Waals surface area contributed by atoms with Crippen molar-refractivity contribution in [2.75, 3.05) is 0 Å². The Labute approximate surface area is 123 Å². The molecule has 0 aliphatic rings. The number of ether oxygens (including phenoxy) is 1. The average molecular weight is 284 g/mol. The van der Waals surface area contributed by atoms with E-state index in [0.717, 1.165) is 11.3 Å². The van der Waals surface area contributed by atoms with Crippen LogP contribution < -0.4 is 4.74 Å². The summed E-state index contributed by atoms with van der Waals surface area (Å²) in [5.74, 6) is 0.316. The second-order valence-corrected chi connectivity index (χ2v) is 4.97. The lowest BCUT2D eigenvalue weighted by atomic mass is 10.1. The number of hydrogen-bond donors (Lipinski definition) is 0. The van der Waals surface area contributed by atoms with Gasteiger partial charge in [-0.3, -0.25) is 4.79 Å². The average Bonchev–Trinajstić information content (AvgIpc) is 2.46. The molecule has 0 heterocycles. The molecule has 0 bridgehead atoms. The Hall–Kier alpha value is -2.42. The summed E-state index contributed by atoms with van der Waals surface area (Å²) in [4.78, 5) is 10.6. The minimum Gasteiger partial charge on any atom is -0.491 e. The predicted octanol–water partition coefficient (Wildman–Crippen LogP) is 4.60. The molecule has 3 heteroatoms. The quantitative estimate of drug-likeness (QED) is 0.592.